The van der Waals surface area contributed by atoms with Gasteiger partial charge >= 0.3 is 5.97 Å². The molecule has 0 radical (unpaired) electrons. The van der Waals surface area contributed by atoms with Gasteiger partial charge in [-0.15, -0.1) is 5.10 Å². The molecular weight excluding hydrogens is 730 g/mol. The minimum Gasteiger partial charge on any atom is -0.462 e. The third-order valence-electron chi connectivity index (χ3n) is 11.3. The van der Waals surface area contributed by atoms with Crippen molar-refractivity contribution < 1.29 is 44.2 Å². The van der Waals surface area contributed by atoms with E-state index in [-0.39, 0.29) is 32.2 Å². The quantitative estimate of drug-likeness (QED) is 0.229. The summed E-state index contributed by atoms with van der Waals surface area (Å²) in [6, 6.07) is 9.33. The summed E-state index contributed by atoms with van der Waals surface area (Å²) in [6.07, 6.45) is 1.24. The first-order valence-electron chi connectivity index (χ1n) is 19.9. The van der Waals surface area contributed by atoms with Gasteiger partial charge in [-0.25, -0.2) is 4.68 Å². The molecule has 0 saturated carbocycles. The molecule has 1 aromatic carbocycles. The molecule has 0 bridgehead atoms. The maximum atomic E-state index is 13.7. The van der Waals surface area contributed by atoms with Crippen LogP contribution in [0.5, 0.6) is 0 Å². The SMILES string of the molecule is C.CC[C@H]1OC(=O)C[C@@H](O)[C@H](C)[C@@H](O[C@@H]2O[C@H](C)[C@@H](O)C(N(C)C)C2O)[C@@H](CCN(C)Cc2cn(Cc3ccccc3)nn2)C[C@@H](C)C(=O)/C=C/C(C)=C/[C@@H]1CO. The number of carbonyl (C=O) groups is 2. The second-order valence-electron chi connectivity index (χ2n) is 16.1. The fraction of sp³-hybridized carbons (Fsp3) is 0.674. The summed E-state index contributed by atoms with van der Waals surface area (Å²) in [4.78, 5) is 30.9. The molecule has 0 spiro atoms. The lowest BCUT2D eigenvalue weighted by Crippen LogP contribution is -2.63. The van der Waals surface area contributed by atoms with Crippen molar-refractivity contribution in [2.45, 2.75) is 130 Å². The first-order chi connectivity index (χ1) is 26.6. The van der Waals surface area contributed by atoms with Crippen LogP contribution in [0.2, 0.25) is 0 Å². The van der Waals surface area contributed by atoms with Crippen LogP contribution in [0.1, 0.15) is 79.0 Å². The van der Waals surface area contributed by atoms with Crippen molar-refractivity contribution in [3.8, 4) is 0 Å². The molecule has 14 nitrogen and oxygen atoms in total. The van der Waals surface area contributed by atoms with Crippen molar-refractivity contribution in [2.24, 2.45) is 23.7 Å². The van der Waals surface area contributed by atoms with Gasteiger partial charge in [0.1, 0.15) is 12.2 Å². The number of allylic oxidation sites excluding steroid dienone is 3. The Morgan fingerprint density at radius 2 is 1.72 bits per heavy atom. The van der Waals surface area contributed by atoms with Crippen LogP contribution >= 0.6 is 0 Å². The molecule has 2 aromatic rings. The Morgan fingerprint density at radius 1 is 1.02 bits per heavy atom. The minimum absolute atomic E-state index is 0. The zero-order valence-electron chi connectivity index (χ0n) is 34.3. The van der Waals surface area contributed by atoms with Crippen LogP contribution in [-0.4, -0.2) is 140 Å². The van der Waals surface area contributed by atoms with Crippen LogP contribution in [0.25, 0.3) is 0 Å². The highest BCUT2D eigenvalue weighted by Crippen LogP contribution is 2.35. The largest absolute Gasteiger partial charge is 0.462 e. The van der Waals surface area contributed by atoms with E-state index in [0.29, 0.717) is 38.9 Å². The Bertz CT molecular complexity index is 1590. The molecule has 14 heteroatoms. The molecule has 4 rings (SSSR count). The Balaban J connectivity index is 0.00000870. The Morgan fingerprint density at radius 3 is 2.37 bits per heavy atom. The van der Waals surface area contributed by atoms with Crippen molar-refractivity contribution in [3.05, 3.63) is 71.6 Å². The second-order valence-corrected chi connectivity index (χ2v) is 16.1. The number of benzene rings is 1. The fourth-order valence-electron chi connectivity index (χ4n) is 7.86. The molecule has 4 N–H and O–H groups in total. The smallest absolute Gasteiger partial charge is 0.308 e. The topological polar surface area (TPSA) is 180 Å². The van der Waals surface area contributed by atoms with E-state index in [0.717, 1.165) is 16.8 Å². The van der Waals surface area contributed by atoms with Crippen molar-refractivity contribution in [3.63, 3.8) is 0 Å². The minimum atomic E-state index is -1.25. The Kier molecular flexibility index (Phi) is 19.1. The van der Waals surface area contributed by atoms with Gasteiger partial charge in [0.05, 0.1) is 61.9 Å². The average molecular weight is 800 g/mol. The van der Waals surface area contributed by atoms with E-state index >= 15 is 0 Å². The number of hydrogen-bond acceptors (Lipinski definition) is 13. The third kappa shape index (κ3) is 13.6. The standard InChI is InChI=1S/C42H65N5O9.CH4/c1-9-36-32(25-48)19-26(2)15-16-34(49)27(3)20-31(17-18-46(8)23-33-24-47(44-43-33)22-30-13-11-10-12-14-30)41(28(4)35(50)21-37(51)55-36)56-42-40(53)38(45(6)7)39(52)29(5)54-42;/h10-16,19,24,27-29,31-32,35-36,38-42,48,50,52-53H,9,17-18,20-23,25H2,1-8H3;1H4/b16-15+,26-19+;/t27-,28+,29-,31+,32-,35-,36-,38?,39-,40?,41-,42+;/m1./s1. The monoisotopic (exact) mass is 800 g/mol. The van der Waals surface area contributed by atoms with Gasteiger partial charge in [0, 0.05) is 24.3 Å². The van der Waals surface area contributed by atoms with Crippen molar-refractivity contribution >= 4 is 11.8 Å². The van der Waals surface area contributed by atoms with Crippen molar-refractivity contribution in [1.29, 1.82) is 0 Å². The molecule has 1 fully saturated rings. The summed E-state index contributed by atoms with van der Waals surface area (Å²) in [7, 11) is 5.50. The first kappa shape index (κ1) is 48.0. The number of cyclic esters (lactones) is 1. The maximum Gasteiger partial charge on any atom is 0.308 e. The summed E-state index contributed by atoms with van der Waals surface area (Å²) in [5, 5.41) is 53.0. The second kappa shape index (κ2) is 22.7. The normalized spacial score (nSPS) is 33.7. The molecule has 2 unspecified atom stereocenters. The van der Waals surface area contributed by atoms with Crippen molar-refractivity contribution in [1.82, 2.24) is 24.8 Å². The summed E-state index contributed by atoms with van der Waals surface area (Å²) < 4.78 is 20.4. The van der Waals surface area contributed by atoms with Gasteiger partial charge in [0.2, 0.25) is 0 Å². The van der Waals surface area contributed by atoms with E-state index in [1.165, 1.54) is 0 Å². The molecule has 2 aliphatic heterocycles. The van der Waals surface area contributed by atoms with Crippen LogP contribution in [0.4, 0.5) is 0 Å². The summed E-state index contributed by atoms with van der Waals surface area (Å²) in [5.41, 5.74) is 2.66. The average Bonchev–Trinajstić information content (AvgIpc) is 3.60. The highest BCUT2D eigenvalue weighted by atomic mass is 16.7. The molecular formula is C43H69N5O9. The van der Waals surface area contributed by atoms with Gasteiger partial charge in [-0.2, -0.15) is 0 Å². The number of ether oxygens (including phenoxy) is 3. The van der Waals surface area contributed by atoms with E-state index in [1.807, 2.05) is 64.3 Å². The number of hydrogen-bond donors (Lipinski definition) is 4. The molecule has 1 saturated heterocycles. The van der Waals surface area contributed by atoms with Crippen LogP contribution in [0.15, 0.2) is 60.3 Å². The summed E-state index contributed by atoms with van der Waals surface area (Å²) in [5.74, 6) is -2.70. The number of carbonyl (C=O) groups excluding carboxylic acids is 2. The zero-order chi connectivity index (χ0) is 41.1. The highest BCUT2D eigenvalue weighted by molar-refractivity contribution is 5.91. The number of nitrogens with zero attached hydrogens (tertiary/aromatic N) is 5. The van der Waals surface area contributed by atoms with E-state index in [9.17, 15) is 30.0 Å². The zero-order valence-corrected chi connectivity index (χ0v) is 34.3. The number of likely N-dealkylation sites (N-methyl/N-ethyl adjacent to an activating group) is 1. The van der Waals surface area contributed by atoms with Gasteiger partial charge < -0.3 is 44.4 Å². The third-order valence-corrected chi connectivity index (χ3v) is 11.3. The number of aliphatic hydroxyl groups is 4. The molecule has 3 heterocycles. The molecule has 2 aliphatic rings. The molecule has 57 heavy (non-hydrogen) atoms. The number of ketones is 1. The van der Waals surface area contributed by atoms with E-state index in [4.69, 9.17) is 14.2 Å². The molecule has 0 amide bonds. The Labute approximate surface area is 339 Å². The summed E-state index contributed by atoms with van der Waals surface area (Å²) >= 11 is 0. The summed E-state index contributed by atoms with van der Waals surface area (Å²) in [6.45, 7) is 10.5. The lowest BCUT2D eigenvalue weighted by atomic mass is 9.79. The molecule has 320 valence electrons. The first-order valence-corrected chi connectivity index (χ1v) is 19.9. The van der Waals surface area contributed by atoms with Crippen LogP contribution in [0.3, 0.4) is 0 Å². The van der Waals surface area contributed by atoms with E-state index < -0.39 is 72.7 Å². The fourth-order valence-corrected chi connectivity index (χ4v) is 7.86. The van der Waals surface area contributed by atoms with Gasteiger partial charge in [-0.3, -0.25) is 9.59 Å². The lowest BCUT2D eigenvalue weighted by Gasteiger charge is -2.46. The number of aromatic nitrogens is 3. The molecule has 12 atom stereocenters. The van der Waals surface area contributed by atoms with Gasteiger partial charge in [-0.05, 0) is 78.4 Å². The predicted octanol–water partition coefficient (Wildman–Crippen LogP) is 3.61. The number of esters is 1. The van der Waals surface area contributed by atoms with E-state index in [1.54, 1.807) is 55.8 Å². The lowest BCUT2D eigenvalue weighted by molar-refractivity contribution is -0.304. The van der Waals surface area contributed by atoms with Crippen LogP contribution in [-0.2, 0) is 36.9 Å². The van der Waals surface area contributed by atoms with Gasteiger partial charge in [0.25, 0.3) is 0 Å². The predicted molar refractivity (Wildman–Crippen MR) is 218 cm³/mol. The van der Waals surface area contributed by atoms with Crippen molar-refractivity contribution in [2.75, 3.05) is 34.3 Å². The van der Waals surface area contributed by atoms with Gasteiger partial charge in [-0.1, -0.05) is 81.5 Å². The van der Waals surface area contributed by atoms with E-state index in [2.05, 4.69) is 15.2 Å². The van der Waals surface area contributed by atoms with Crippen LogP contribution < -0.4 is 0 Å². The Hall–Kier alpha value is -3.34. The molecule has 0 aliphatic carbocycles. The highest BCUT2D eigenvalue weighted by Gasteiger charge is 2.47. The number of aliphatic hydroxyl groups excluding tert-OH is 4. The van der Waals surface area contributed by atoms with Gasteiger partial charge in [0.15, 0.2) is 12.1 Å². The molecule has 1 aromatic heterocycles. The maximum absolute atomic E-state index is 13.7. The number of rotatable bonds is 12. The van der Waals surface area contributed by atoms with Crippen LogP contribution in [0, 0.1) is 23.7 Å².